The van der Waals surface area contributed by atoms with E-state index >= 15 is 0 Å². The summed E-state index contributed by atoms with van der Waals surface area (Å²) in [6, 6.07) is 2.81. The second-order valence-electron chi connectivity index (χ2n) is 2.93. The van der Waals surface area contributed by atoms with Crippen LogP contribution in [0.2, 0.25) is 0 Å². The zero-order valence-electron chi connectivity index (χ0n) is 7.64. The van der Waals surface area contributed by atoms with Gasteiger partial charge in [-0.1, -0.05) is 6.07 Å². The zero-order chi connectivity index (χ0) is 11.5. The largest absolute Gasteiger partial charge is 0.419 e. The normalized spacial score (nSPS) is 11.8. The Morgan fingerprint density at radius 2 is 1.93 bits per heavy atom. The molecule has 0 fully saturated rings. The SMILES string of the molecule is NOCCc1ccc(F)c(C(F)(F)F)c1. The highest BCUT2D eigenvalue weighted by atomic mass is 19.4. The van der Waals surface area contributed by atoms with E-state index in [2.05, 4.69) is 4.84 Å². The van der Waals surface area contributed by atoms with Gasteiger partial charge in [0.05, 0.1) is 12.2 Å². The Hall–Kier alpha value is -1.14. The van der Waals surface area contributed by atoms with Gasteiger partial charge in [-0.3, -0.25) is 0 Å². The van der Waals surface area contributed by atoms with E-state index in [-0.39, 0.29) is 13.0 Å². The summed E-state index contributed by atoms with van der Waals surface area (Å²) in [6.07, 6.45) is -4.47. The maximum Gasteiger partial charge on any atom is 0.419 e. The predicted octanol–water partition coefficient (Wildman–Crippen LogP) is 2.28. The maximum absolute atomic E-state index is 12.8. The van der Waals surface area contributed by atoms with E-state index < -0.39 is 17.6 Å². The molecule has 0 heterocycles. The van der Waals surface area contributed by atoms with Crippen molar-refractivity contribution in [2.45, 2.75) is 12.6 Å². The molecular formula is C9H9F4NO. The Morgan fingerprint density at radius 1 is 1.27 bits per heavy atom. The van der Waals surface area contributed by atoms with Gasteiger partial charge in [-0.2, -0.15) is 13.2 Å². The summed E-state index contributed by atoms with van der Waals surface area (Å²) in [4.78, 5) is 4.23. The summed E-state index contributed by atoms with van der Waals surface area (Å²) >= 11 is 0. The van der Waals surface area contributed by atoms with E-state index in [9.17, 15) is 17.6 Å². The first-order valence-corrected chi connectivity index (χ1v) is 4.12. The number of hydrogen-bond acceptors (Lipinski definition) is 2. The number of hydrogen-bond donors (Lipinski definition) is 1. The van der Waals surface area contributed by atoms with E-state index in [1.807, 2.05) is 0 Å². The lowest BCUT2D eigenvalue weighted by atomic mass is 10.1. The van der Waals surface area contributed by atoms with E-state index in [0.29, 0.717) is 5.56 Å². The number of rotatable bonds is 3. The minimum atomic E-state index is -4.68. The quantitative estimate of drug-likeness (QED) is 0.630. The molecule has 1 rings (SSSR count). The molecule has 0 aliphatic heterocycles. The third kappa shape index (κ3) is 3.17. The molecule has 0 spiro atoms. The number of alkyl halides is 3. The molecule has 0 saturated heterocycles. The van der Waals surface area contributed by atoms with Gasteiger partial charge in [0.15, 0.2) is 0 Å². The minimum absolute atomic E-state index is 0.0862. The summed E-state index contributed by atoms with van der Waals surface area (Å²) < 4.78 is 49.6. The number of benzene rings is 1. The second kappa shape index (κ2) is 4.59. The fraction of sp³-hybridized carbons (Fsp3) is 0.333. The third-order valence-electron chi connectivity index (χ3n) is 1.84. The lowest BCUT2D eigenvalue weighted by Gasteiger charge is -2.09. The molecule has 15 heavy (non-hydrogen) atoms. The van der Waals surface area contributed by atoms with Crippen molar-refractivity contribution < 1.29 is 22.4 Å². The van der Waals surface area contributed by atoms with Crippen molar-refractivity contribution in [3.05, 3.63) is 35.1 Å². The van der Waals surface area contributed by atoms with Crippen LogP contribution in [0.3, 0.4) is 0 Å². The summed E-state index contributed by atoms with van der Waals surface area (Å²) in [7, 11) is 0. The van der Waals surface area contributed by atoms with Gasteiger partial charge in [-0.25, -0.2) is 10.3 Å². The molecule has 6 heteroatoms. The Bertz CT molecular complexity index is 337. The fourth-order valence-corrected chi connectivity index (χ4v) is 1.12. The minimum Gasteiger partial charge on any atom is -0.304 e. The maximum atomic E-state index is 12.8. The van der Waals surface area contributed by atoms with Crippen LogP contribution in [0.4, 0.5) is 17.6 Å². The van der Waals surface area contributed by atoms with Crippen LogP contribution in [-0.4, -0.2) is 6.61 Å². The highest BCUT2D eigenvalue weighted by Crippen LogP contribution is 2.31. The monoisotopic (exact) mass is 223 g/mol. The van der Waals surface area contributed by atoms with E-state index in [1.54, 1.807) is 0 Å². The van der Waals surface area contributed by atoms with Crippen LogP contribution in [0.5, 0.6) is 0 Å². The highest BCUT2D eigenvalue weighted by Gasteiger charge is 2.34. The smallest absolute Gasteiger partial charge is 0.304 e. The standard InChI is InChI=1S/C9H9F4NO/c10-8-2-1-6(3-4-15-14)5-7(8)9(11,12)13/h1-2,5H,3-4,14H2. The Morgan fingerprint density at radius 3 is 2.47 bits per heavy atom. The number of halogens is 4. The van der Waals surface area contributed by atoms with Crippen molar-refractivity contribution in [3.63, 3.8) is 0 Å². The van der Waals surface area contributed by atoms with E-state index in [0.717, 1.165) is 12.1 Å². The Labute approximate surface area is 83.6 Å². The van der Waals surface area contributed by atoms with Crippen LogP contribution >= 0.6 is 0 Å². The summed E-state index contributed by atoms with van der Waals surface area (Å²) in [5.41, 5.74) is -0.939. The average molecular weight is 223 g/mol. The summed E-state index contributed by atoms with van der Waals surface area (Å²) in [5.74, 6) is 3.46. The Balaban J connectivity index is 2.95. The van der Waals surface area contributed by atoms with Gasteiger partial charge in [0.2, 0.25) is 0 Å². The van der Waals surface area contributed by atoms with Crippen molar-refractivity contribution in [1.82, 2.24) is 0 Å². The van der Waals surface area contributed by atoms with Gasteiger partial charge < -0.3 is 4.84 Å². The van der Waals surface area contributed by atoms with Crippen molar-refractivity contribution in [2.75, 3.05) is 6.61 Å². The second-order valence-corrected chi connectivity index (χ2v) is 2.93. The molecule has 0 radical (unpaired) electrons. The highest BCUT2D eigenvalue weighted by molar-refractivity contribution is 5.27. The topological polar surface area (TPSA) is 35.2 Å². The lowest BCUT2D eigenvalue weighted by Crippen LogP contribution is -2.10. The molecule has 0 atom stereocenters. The zero-order valence-corrected chi connectivity index (χ0v) is 7.64. The first-order chi connectivity index (χ1) is 6.95. The molecule has 0 aromatic heterocycles. The third-order valence-corrected chi connectivity index (χ3v) is 1.84. The van der Waals surface area contributed by atoms with Gasteiger partial charge in [0.25, 0.3) is 0 Å². The summed E-state index contributed by atoms with van der Waals surface area (Å²) in [5, 5.41) is 0. The molecule has 1 aromatic carbocycles. The van der Waals surface area contributed by atoms with Crippen LogP contribution in [0.25, 0.3) is 0 Å². The van der Waals surface area contributed by atoms with Crippen LogP contribution in [0.15, 0.2) is 18.2 Å². The van der Waals surface area contributed by atoms with Gasteiger partial charge >= 0.3 is 6.18 Å². The molecule has 1 aromatic rings. The first-order valence-electron chi connectivity index (χ1n) is 4.12. The fourth-order valence-electron chi connectivity index (χ4n) is 1.12. The van der Waals surface area contributed by atoms with Crippen molar-refractivity contribution >= 4 is 0 Å². The van der Waals surface area contributed by atoms with Crippen LogP contribution in [0.1, 0.15) is 11.1 Å². The molecule has 0 aliphatic rings. The van der Waals surface area contributed by atoms with Gasteiger partial charge in [-0.15, -0.1) is 0 Å². The average Bonchev–Trinajstić information content (AvgIpc) is 2.15. The van der Waals surface area contributed by atoms with Crippen LogP contribution < -0.4 is 5.90 Å². The van der Waals surface area contributed by atoms with E-state index in [4.69, 9.17) is 5.90 Å². The van der Waals surface area contributed by atoms with Gasteiger partial charge in [0.1, 0.15) is 5.82 Å². The molecule has 0 saturated carbocycles. The molecule has 0 bridgehead atoms. The lowest BCUT2D eigenvalue weighted by molar-refractivity contribution is -0.140. The predicted molar refractivity (Wildman–Crippen MR) is 45.2 cm³/mol. The van der Waals surface area contributed by atoms with Crippen molar-refractivity contribution in [1.29, 1.82) is 0 Å². The molecular weight excluding hydrogens is 214 g/mol. The Kier molecular flexibility index (Phi) is 3.65. The summed E-state index contributed by atoms with van der Waals surface area (Å²) in [6.45, 7) is 0.0862. The van der Waals surface area contributed by atoms with Gasteiger partial charge in [0, 0.05) is 0 Å². The molecule has 84 valence electrons. The molecule has 0 aliphatic carbocycles. The molecule has 2 N–H and O–H groups in total. The molecule has 0 unspecified atom stereocenters. The van der Waals surface area contributed by atoms with Crippen LogP contribution in [0, 0.1) is 5.82 Å². The molecule has 2 nitrogen and oxygen atoms in total. The van der Waals surface area contributed by atoms with Crippen molar-refractivity contribution in [2.24, 2.45) is 5.90 Å². The molecule has 0 amide bonds. The van der Waals surface area contributed by atoms with Crippen LogP contribution in [-0.2, 0) is 17.4 Å². The number of nitrogens with two attached hydrogens (primary N) is 1. The van der Waals surface area contributed by atoms with Gasteiger partial charge in [-0.05, 0) is 24.1 Å². The van der Waals surface area contributed by atoms with Crippen molar-refractivity contribution in [3.8, 4) is 0 Å². The first kappa shape index (κ1) is 11.9. The van der Waals surface area contributed by atoms with E-state index in [1.165, 1.54) is 6.07 Å².